The van der Waals surface area contributed by atoms with Crippen molar-refractivity contribution >= 4 is 12.4 Å². The molecule has 9 heavy (non-hydrogen) atoms. The van der Waals surface area contributed by atoms with Crippen LogP contribution in [0.1, 0.15) is 6.42 Å². The SMILES string of the molecule is O=CON1NCCC1=O. The Bertz CT molecular complexity index is 136. The largest absolute Gasteiger partial charge is 0.326 e. The van der Waals surface area contributed by atoms with Crippen LogP contribution in [0.3, 0.4) is 0 Å². The van der Waals surface area contributed by atoms with E-state index in [0.717, 1.165) is 5.17 Å². The highest BCUT2D eigenvalue weighted by Gasteiger charge is 2.20. The summed E-state index contributed by atoms with van der Waals surface area (Å²) < 4.78 is 0. The van der Waals surface area contributed by atoms with Gasteiger partial charge in [0.15, 0.2) is 0 Å². The molecule has 0 unspecified atom stereocenters. The summed E-state index contributed by atoms with van der Waals surface area (Å²) in [6, 6.07) is 0. The van der Waals surface area contributed by atoms with E-state index in [4.69, 9.17) is 0 Å². The molecular weight excluding hydrogens is 124 g/mol. The highest BCUT2D eigenvalue weighted by atomic mass is 16.7. The van der Waals surface area contributed by atoms with Crippen LogP contribution in [0.5, 0.6) is 0 Å². The van der Waals surface area contributed by atoms with E-state index >= 15 is 0 Å². The summed E-state index contributed by atoms with van der Waals surface area (Å²) in [5.74, 6) is -0.220. The van der Waals surface area contributed by atoms with Gasteiger partial charge in [-0.05, 0) is 0 Å². The fourth-order valence-corrected chi connectivity index (χ4v) is 0.593. The standard InChI is InChI=1S/C4H6N2O3/c7-3-9-6-4(8)1-2-5-6/h3,5H,1-2H2. The molecule has 5 nitrogen and oxygen atoms in total. The fourth-order valence-electron chi connectivity index (χ4n) is 0.593. The molecule has 50 valence electrons. The van der Waals surface area contributed by atoms with Crippen LogP contribution in [0.15, 0.2) is 0 Å². The predicted molar refractivity (Wildman–Crippen MR) is 26.6 cm³/mol. The van der Waals surface area contributed by atoms with Crippen LogP contribution in [-0.4, -0.2) is 24.1 Å². The Morgan fingerprint density at radius 3 is 3.00 bits per heavy atom. The number of hydrazine groups is 1. The minimum Gasteiger partial charge on any atom is -0.326 e. The summed E-state index contributed by atoms with van der Waals surface area (Å²) in [4.78, 5) is 24.4. The van der Waals surface area contributed by atoms with Gasteiger partial charge in [0.25, 0.3) is 5.91 Å². The molecule has 1 aliphatic heterocycles. The average molecular weight is 130 g/mol. The number of hydroxylamine groups is 1. The smallest absolute Gasteiger partial charge is 0.322 e. The summed E-state index contributed by atoms with van der Waals surface area (Å²) in [6.45, 7) is 0.739. The molecule has 1 N–H and O–H groups in total. The zero-order chi connectivity index (χ0) is 6.69. The molecule has 1 aliphatic rings. The summed E-state index contributed by atoms with van der Waals surface area (Å²) in [7, 11) is 0. The van der Waals surface area contributed by atoms with Gasteiger partial charge in [0.2, 0.25) is 0 Å². The maximum Gasteiger partial charge on any atom is 0.322 e. The van der Waals surface area contributed by atoms with E-state index in [1.165, 1.54) is 0 Å². The van der Waals surface area contributed by atoms with E-state index in [2.05, 4.69) is 10.3 Å². The molecule has 0 atom stereocenters. The maximum absolute atomic E-state index is 10.5. The Balaban J connectivity index is 2.39. The molecule has 0 spiro atoms. The van der Waals surface area contributed by atoms with Gasteiger partial charge in [0.1, 0.15) is 0 Å². The van der Waals surface area contributed by atoms with Crippen molar-refractivity contribution in [3.63, 3.8) is 0 Å². The lowest BCUT2D eigenvalue weighted by Gasteiger charge is -2.08. The lowest BCUT2D eigenvalue weighted by molar-refractivity contribution is -0.191. The summed E-state index contributed by atoms with van der Waals surface area (Å²) in [6.07, 6.45) is 0.383. The second kappa shape index (κ2) is 2.45. The Morgan fingerprint density at radius 1 is 1.78 bits per heavy atom. The van der Waals surface area contributed by atoms with Gasteiger partial charge >= 0.3 is 6.47 Å². The lowest BCUT2D eigenvalue weighted by Crippen LogP contribution is -2.33. The molecule has 0 aromatic carbocycles. The molecule has 0 bridgehead atoms. The second-order valence-corrected chi connectivity index (χ2v) is 1.55. The number of hydrogen-bond acceptors (Lipinski definition) is 4. The van der Waals surface area contributed by atoms with Crippen LogP contribution in [0, 0.1) is 0 Å². The molecule has 1 amide bonds. The van der Waals surface area contributed by atoms with Crippen molar-refractivity contribution in [2.75, 3.05) is 6.54 Å². The minimum atomic E-state index is -0.220. The third-order valence-electron chi connectivity index (χ3n) is 0.969. The number of rotatable bonds is 2. The first-order valence-corrected chi connectivity index (χ1v) is 2.51. The van der Waals surface area contributed by atoms with Crippen molar-refractivity contribution in [1.82, 2.24) is 10.6 Å². The first kappa shape index (κ1) is 6.03. The number of amides is 1. The number of carbonyl (C=O) groups excluding carboxylic acids is 2. The number of hydrogen-bond donors (Lipinski definition) is 1. The summed E-state index contributed by atoms with van der Waals surface area (Å²) in [5.41, 5.74) is 2.54. The third-order valence-corrected chi connectivity index (χ3v) is 0.969. The van der Waals surface area contributed by atoms with Gasteiger partial charge in [-0.2, -0.15) is 5.43 Å². The number of carbonyl (C=O) groups is 2. The highest BCUT2D eigenvalue weighted by Crippen LogP contribution is 1.96. The van der Waals surface area contributed by atoms with Crippen LogP contribution in [-0.2, 0) is 14.4 Å². The van der Waals surface area contributed by atoms with Gasteiger partial charge in [0, 0.05) is 13.0 Å². The lowest BCUT2D eigenvalue weighted by atomic mass is 10.5. The number of nitrogens with zero attached hydrogens (tertiary/aromatic N) is 1. The topological polar surface area (TPSA) is 58.6 Å². The van der Waals surface area contributed by atoms with Crippen molar-refractivity contribution < 1.29 is 14.4 Å². The van der Waals surface area contributed by atoms with E-state index in [0.29, 0.717) is 13.0 Å². The molecule has 1 saturated heterocycles. The van der Waals surface area contributed by atoms with E-state index in [-0.39, 0.29) is 12.4 Å². The van der Waals surface area contributed by atoms with E-state index in [9.17, 15) is 9.59 Å². The number of nitrogens with one attached hydrogen (secondary N) is 1. The van der Waals surface area contributed by atoms with Crippen molar-refractivity contribution in [2.24, 2.45) is 0 Å². The quantitative estimate of drug-likeness (QED) is 0.477. The molecule has 0 aromatic rings. The average Bonchev–Trinajstić information content (AvgIpc) is 2.18. The Morgan fingerprint density at radius 2 is 2.56 bits per heavy atom. The molecular formula is C4H6N2O3. The van der Waals surface area contributed by atoms with Gasteiger partial charge in [-0.25, -0.2) is 0 Å². The normalized spacial score (nSPS) is 18.2. The first-order chi connectivity index (χ1) is 4.34. The molecule has 1 fully saturated rings. The fraction of sp³-hybridized carbons (Fsp3) is 0.500. The van der Waals surface area contributed by atoms with Crippen LogP contribution >= 0.6 is 0 Å². The molecule has 0 saturated carbocycles. The second-order valence-electron chi connectivity index (χ2n) is 1.55. The van der Waals surface area contributed by atoms with Gasteiger partial charge in [-0.15, -0.1) is 0 Å². The molecule has 0 aliphatic carbocycles. The molecule has 0 radical (unpaired) electrons. The van der Waals surface area contributed by atoms with Crippen LogP contribution in [0.2, 0.25) is 0 Å². The first-order valence-electron chi connectivity index (χ1n) is 2.51. The predicted octanol–water partition coefficient (Wildman–Crippen LogP) is -1.19. The monoisotopic (exact) mass is 130 g/mol. The summed E-state index contributed by atoms with van der Waals surface area (Å²) in [5, 5.41) is 0.826. The zero-order valence-corrected chi connectivity index (χ0v) is 4.66. The highest BCUT2D eigenvalue weighted by molar-refractivity contribution is 5.77. The van der Waals surface area contributed by atoms with Gasteiger partial charge < -0.3 is 4.84 Å². The Kier molecular flexibility index (Phi) is 1.64. The minimum absolute atomic E-state index is 0.205. The van der Waals surface area contributed by atoms with Crippen molar-refractivity contribution in [3.05, 3.63) is 0 Å². The molecule has 1 heterocycles. The molecule has 0 aromatic heterocycles. The van der Waals surface area contributed by atoms with Crippen LogP contribution in [0.25, 0.3) is 0 Å². The van der Waals surface area contributed by atoms with Crippen LogP contribution < -0.4 is 5.43 Å². The summed E-state index contributed by atoms with van der Waals surface area (Å²) >= 11 is 0. The van der Waals surface area contributed by atoms with E-state index in [1.807, 2.05) is 0 Å². The van der Waals surface area contributed by atoms with Crippen molar-refractivity contribution in [1.29, 1.82) is 0 Å². The van der Waals surface area contributed by atoms with Gasteiger partial charge in [-0.3, -0.25) is 9.59 Å². The van der Waals surface area contributed by atoms with Gasteiger partial charge in [-0.1, -0.05) is 5.17 Å². The molecule has 1 rings (SSSR count). The van der Waals surface area contributed by atoms with E-state index in [1.54, 1.807) is 0 Å². The Labute approximate surface area is 51.5 Å². The maximum atomic E-state index is 10.5. The van der Waals surface area contributed by atoms with Gasteiger partial charge in [0.05, 0.1) is 0 Å². The van der Waals surface area contributed by atoms with Crippen molar-refractivity contribution in [2.45, 2.75) is 6.42 Å². The zero-order valence-electron chi connectivity index (χ0n) is 4.66. The Hall–Kier alpha value is -1.10. The van der Waals surface area contributed by atoms with E-state index < -0.39 is 0 Å². The third kappa shape index (κ3) is 1.17. The van der Waals surface area contributed by atoms with Crippen LogP contribution in [0.4, 0.5) is 0 Å². The van der Waals surface area contributed by atoms with Crippen molar-refractivity contribution in [3.8, 4) is 0 Å². The molecule has 5 heteroatoms.